The van der Waals surface area contributed by atoms with Crippen LogP contribution < -0.4 is 5.46 Å². The summed E-state index contributed by atoms with van der Waals surface area (Å²) in [6, 6.07) is 53.0. The van der Waals surface area contributed by atoms with E-state index in [9.17, 15) is 0 Å². The Balaban J connectivity index is 0.000000122. The van der Waals surface area contributed by atoms with Crippen LogP contribution in [0.2, 0.25) is 15.7 Å². The van der Waals surface area contributed by atoms with Gasteiger partial charge in [-0.2, -0.15) is 0 Å². The first-order valence-corrected chi connectivity index (χ1v) is 21.6. The van der Waals surface area contributed by atoms with Gasteiger partial charge in [0.05, 0.1) is 16.7 Å². The van der Waals surface area contributed by atoms with E-state index in [4.69, 9.17) is 44.9 Å². The van der Waals surface area contributed by atoms with Crippen molar-refractivity contribution in [3.8, 4) is 11.3 Å². The van der Waals surface area contributed by atoms with Crippen LogP contribution in [0.3, 0.4) is 0 Å². The highest BCUT2D eigenvalue weighted by atomic mass is 35.5. The van der Waals surface area contributed by atoms with Crippen molar-refractivity contribution in [2.45, 2.75) is 0 Å². The van der Waals surface area contributed by atoms with Crippen molar-refractivity contribution in [1.29, 1.82) is 0 Å². The molecule has 0 bridgehead atoms. The van der Waals surface area contributed by atoms with E-state index in [-0.39, 0.29) is 10.6 Å². The summed E-state index contributed by atoms with van der Waals surface area (Å²) in [5, 5.41) is 29.4. The maximum Gasteiger partial charge on any atom is 0.488 e. The van der Waals surface area contributed by atoms with Crippen LogP contribution in [0.5, 0.6) is 0 Å². The molecule has 0 aliphatic carbocycles. The number of hydrogen-bond acceptors (Lipinski definition) is 8. The highest BCUT2D eigenvalue weighted by Crippen LogP contribution is 2.43. The summed E-state index contributed by atoms with van der Waals surface area (Å²) < 4.78 is 4.88. The molecule has 0 fully saturated rings. The average molecular weight is 874 g/mol. The summed E-state index contributed by atoms with van der Waals surface area (Å²) in [6.45, 7) is 0. The third-order valence-electron chi connectivity index (χ3n) is 10.4. The lowest BCUT2D eigenvalue weighted by Crippen LogP contribution is -2.29. The number of thiophene rings is 2. The van der Waals surface area contributed by atoms with Gasteiger partial charge in [0.2, 0.25) is 10.6 Å². The molecule has 12 rings (SSSR count). The molecule has 0 saturated carbocycles. The Morgan fingerprint density at radius 3 is 1.38 bits per heavy atom. The number of nitrogens with zero attached hydrogens (tertiary/aromatic N) is 4. The number of rotatable bonds is 2. The van der Waals surface area contributed by atoms with E-state index in [0.717, 1.165) is 43.8 Å². The Morgan fingerprint density at radius 2 is 0.867 bits per heavy atom. The second-order valence-electron chi connectivity index (χ2n) is 14.0. The number of hydrogen-bond donors (Lipinski definition) is 2. The van der Waals surface area contributed by atoms with Gasteiger partial charge >= 0.3 is 7.12 Å². The first-order valence-electron chi connectivity index (χ1n) is 18.8. The van der Waals surface area contributed by atoms with Crippen LogP contribution in [-0.4, -0.2) is 37.1 Å². The van der Waals surface area contributed by atoms with Crippen molar-refractivity contribution in [3.05, 3.63) is 173 Å². The van der Waals surface area contributed by atoms with Crippen molar-refractivity contribution >= 4 is 154 Å². The Kier molecular flexibility index (Phi) is 10.3. The first-order chi connectivity index (χ1) is 29.3. The topological polar surface area (TPSA) is 92.0 Å². The number of benzene rings is 8. The van der Waals surface area contributed by atoms with Crippen LogP contribution in [0, 0.1) is 0 Å². The summed E-state index contributed by atoms with van der Waals surface area (Å²) in [5.41, 5.74) is 4.17. The molecule has 0 unspecified atom stereocenters. The fourth-order valence-corrected chi connectivity index (χ4v) is 10.5. The van der Waals surface area contributed by atoms with Crippen LogP contribution in [0.4, 0.5) is 0 Å². The maximum absolute atomic E-state index is 8.58. The number of halogens is 3. The van der Waals surface area contributed by atoms with Gasteiger partial charge in [0.1, 0.15) is 5.15 Å². The van der Waals surface area contributed by atoms with Crippen molar-refractivity contribution in [2.75, 3.05) is 0 Å². The van der Waals surface area contributed by atoms with Crippen LogP contribution in [0.15, 0.2) is 158 Å². The highest BCUT2D eigenvalue weighted by Gasteiger charge is 2.17. The van der Waals surface area contributed by atoms with E-state index < -0.39 is 7.12 Å². The summed E-state index contributed by atoms with van der Waals surface area (Å²) in [5.74, 6) is 0. The van der Waals surface area contributed by atoms with E-state index in [1.807, 2.05) is 30.3 Å². The molecule has 60 heavy (non-hydrogen) atoms. The third kappa shape index (κ3) is 7.18. The molecule has 2 N–H and O–H groups in total. The fourth-order valence-electron chi connectivity index (χ4n) is 7.63. The van der Waals surface area contributed by atoms with Gasteiger partial charge in [0.25, 0.3) is 0 Å². The molecule has 12 heteroatoms. The smallest absolute Gasteiger partial charge is 0.423 e. The predicted octanol–water partition coefficient (Wildman–Crippen LogP) is 13.3. The average Bonchev–Trinajstić information content (AvgIpc) is 3.83. The molecule has 0 spiro atoms. The van der Waals surface area contributed by atoms with E-state index in [1.165, 1.54) is 51.1 Å². The minimum atomic E-state index is -1.34. The normalized spacial score (nSPS) is 11.4. The van der Waals surface area contributed by atoms with Crippen molar-refractivity contribution < 1.29 is 10.0 Å². The molecule has 0 atom stereocenters. The van der Waals surface area contributed by atoms with Crippen LogP contribution in [-0.2, 0) is 0 Å². The number of aromatic nitrogens is 4. The van der Waals surface area contributed by atoms with Gasteiger partial charge in [-0.1, -0.05) is 121 Å². The second kappa shape index (κ2) is 16.0. The van der Waals surface area contributed by atoms with Gasteiger partial charge in [-0.25, -0.2) is 19.9 Å². The van der Waals surface area contributed by atoms with Gasteiger partial charge in [-0.05, 0) is 98.7 Å². The SMILES string of the molecule is Clc1nc(-c2ccccc2)c2ccc3sc4cc5ccccc5cc4c3c2n1.Clc1nc(Cl)c2ccc3sc4cc5ccccc5cc4c3c2n1.OB(O)c1ccccc1. The Labute approximate surface area is 366 Å². The molecule has 0 aliphatic rings. The molecule has 0 saturated heterocycles. The molecule has 4 aromatic heterocycles. The standard InChI is InChI=1S/C24H13ClN2S.C18H8Cl2N2S.C6H7BO2/c25-24-26-22(14-6-2-1-3-7-14)17-10-11-19-21(23(17)27-24)18-12-15-8-4-5-9-16(15)13-20(18)28-19;19-17-11-5-6-13-15(16(11)21-18(20)22-17)12-7-9-3-1-2-4-10(9)8-14(12)23-13;8-7(9)6-4-2-1-3-5-6/h1-13H;1-8H;1-5,8-9H. The molecule has 0 amide bonds. The predicted molar refractivity (Wildman–Crippen MR) is 257 cm³/mol. The first kappa shape index (κ1) is 38.5. The van der Waals surface area contributed by atoms with E-state index >= 15 is 0 Å². The minimum absolute atomic E-state index is 0.176. The Morgan fingerprint density at radius 1 is 0.417 bits per heavy atom. The van der Waals surface area contributed by atoms with Crippen molar-refractivity contribution in [3.63, 3.8) is 0 Å². The fraction of sp³-hybridized carbons (Fsp3) is 0. The van der Waals surface area contributed by atoms with Gasteiger partial charge in [-0.15, -0.1) is 22.7 Å². The maximum atomic E-state index is 8.58. The second-order valence-corrected chi connectivity index (χ2v) is 17.2. The third-order valence-corrected chi connectivity index (χ3v) is 13.2. The summed E-state index contributed by atoms with van der Waals surface area (Å²) in [7, 11) is -1.34. The van der Waals surface area contributed by atoms with Crippen molar-refractivity contribution in [1.82, 2.24) is 19.9 Å². The zero-order valence-corrected chi connectivity index (χ0v) is 35.1. The van der Waals surface area contributed by atoms with Gasteiger partial charge in [0.15, 0.2) is 0 Å². The Bertz CT molecular complexity index is 3590. The minimum Gasteiger partial charge on any atom is -0.423 e. The summed E-state index contributed by atoms with van der Waals surface area (Å²) in [6.07, 6.45) is 0. The lowest BCUT2D eigenvalue weighted by molar-refractivity contribution is 0.426. The summed E-state index contributed by atoms with van der Waals surface area (Å²) >= 11 is 22.2. The monoisotopic (exact) mass is 872 g/mol. The highest BCUT2D eigenvalue weighted by molar-refractivity contribution is 7.26. The van der Waals surface area contributed by atoms with E-state index in [0.29, 0.717) is 10.6 Å². The zero-order chi connectivity index (χ0) is 40.9. The lowest BCUT2D eigenvalue weighted by atomic mass is 9.81. The Hall–Kier alpha value is -5.75. The zero-order valence-electron chi connectivity index (χ0n) is 31.2. The van der Waals surface area contributed by atoms with Crippen LogP contribution >= 0.6 is 57.5 Å². The molecular weight excluding hydrogens is 846 g/mol. The number of fused-ring (bicyclic) bond motifs is 12. The molecule has 288 valence electrons. The molecule has 12 aromatic rings. The molecule has 6 nitrogen and oxygen atoms in total. The van der Waals surface area contributed by atoms with Gasteiger partial charge < -0.3 is 10.0 Å². The molecule has 8 aromatic carbocycles. The quantitative estimate of drug-likeness (QED) is 0.102. The van der Waals surface area contributed by atoms with Crippen LogP contribution in [0.1, 0.15) is 0 Å². The molecule has 0 aliphatic heterocycles. The summed E-state index contributed by atoms with van der Waals surface area (Å²) in [4.78, 5) is 17.7. The lowest BCUT2D eigenvalue weighted by Gasteiger charge is -2.08. The van der Waals surface area contributed by atoms with Crippen molar-refractivity contribution in [2.24, 2.45) is 0 Å². The van der Waals surface area contributed by atoms with Gasteiger partial charge in [-0.3, -0.25) is 0 Å². The van der Waals surface area contributed by atoms with Crippen LogP contribution in [0.25, 0.3) is 95.0 Å². The van der Waals surface area contributed by atoms with E-state index in [2.05, 4.69) is 123 Å². The van der Waals surface area contributed by atoms with Gasteiger partial charge in [0, 0.05) is 56.7 Å². The molecule has 0 radical (unpaired) electrons. The molecular formula is C48H28BCl3N4O2S2. The molecule has 4 heterocycles. The van der Waals surface area contributed by atoms with E-state index in [1.54, 1.807) is 46.9 Å². The largest absolute Gasteiger partial charge is 0.488 e.